The molecule has 0 heterocycles. The highest BCUT2D eigenvalue weighted by Crippen LogP contribution is 2.25. The Morgan fingerprint density at radius 1 is 0.648 bits per heavy atom. The van der Waals surface area contributed by atoms with Crippen molar-refractivity contribution in [3.05, 3.63) is 59.7 Å². The van der Waals surface area contributed by atoms with Gasteiger partial charge in [0.05, 0.1) is 12.1 Å². The number of carbonyl (C=O) groups excluding carboxylic acids is 8. The van der Waals surface area contributed by atoms with Gasteiger partial charge in [0.25, 0.3) is 0 Å². The van der Waals surface area contributed by atoms with Crippen molar-refractivity contribution in [3.63, 3.8) is 0 Å². The molecular formula is C56H86N4O11. The van der Waals surface area contributed by atoms with Crippen LogP contribution in [0.4, 0.5) is 4.79 Å². The summed E-state index contributed by atoms with van der Waals surface area (Å²) >= 11 is 0. The zero-order valence-electron chi connectivity index (χ0n) is 44.6. The maximum absolute atomic E-state index is 14.4. The molecule has 6 N–H and O–H groups in total. The van der Waals surface area contributed by atoms with E-state index in [1.54, 1.807) is 60.6 Å². The number of esters is 1. The summed E-state index contributed by atoms with van der Waals surface area (Å²) in [5, 5.41) is 18.5. The number of ether oxygens (including phenoxy) is 2. The highest BCUT2D eigenvalue weighted by Gasteiger charge is 2.32. The molecule has 15 heteroatoms. The van der Waals surface area contributed by atoms with Gasteiger partial charge in [-0.2, -0.15) is 0 Å². The number of hydrogen-bond donors (Lipinski definition) is 5. The van der Waals surface area contributed by atoms with Gasteiger partial charge < -0.3 is 36.3 Å². The van der Waals surface area contributed by atoms with Crippen LogP contribution >= 0.6 is 0 Å². The smallest absolute Gasteiger partial charge is 0.407 e. The molecular weight excluding hydrogens is 905 g/mol. The molecule has 2 aromatic rings. The molecule has 4 amide bonds. The fourth-order valence-electron chi connectivity index (χ4n) is 8.02. The number of rotatable bonds is 32. The standard InChI is InChI=1S/C56H86N4O11/c1-12-13-19-39-23-25-40(26-24-39)41-27-29-42(30-28-41)46(61)35-43(20-15-14-16-22-49(64)70-55(6,7)8)53(68)59-44(21-17-18-31-58-54(69)71-56(9,10)11)47(62)34-38(5)52(67)60-45(32-36(2)3)48(63)33-37(4)50(65)51(57)66/h23-30,36-38,43-45,50,65H,12-22,31-35H2,1-11H3,(H2,57,66)(H,58,69)(H,59,68)(H,60,67)/t37-,38-,43?,44+,45+,50?/m1/s1. The molecule has 0 aliphatic heterocycles. The van der Waals surface area contributed by atoms with E-state index in [1.807, 2.05) is 26.0 Å². The van der Waals surface area contributed by atoms with Gasteiger partial charge >= 0.3 is 12.1 Å². The SMILES string of the molecule is CCCCc1ccc(-c2ccc(C(=O)CC(CCCCCC(=O)OC(C)(C)C)C(=O)N[C@@H](CCCCNC(=O)OC(C)(C)C)C(=O)C[C@@H](C)C(=O)N[C@@H](CC(C)C)C(=O)C[C@@H](C)C(O)C(N)=O)cc2)cc1. The lowest BCUT2D eigenvalue weighted by Crippen LogP contribution is -2.47. The molecule has 2 rings (SSSR count). The van der Waals surface area contributed by atoms with Crippen molar-refractivity contribution in [2.45, 2.75) is 202 Å². The van der Waals surface area contributed by atoms with Crippen molar-refractivity contribution in [2.24, 2.45) is 29.4 Å². The largest absolute Gasteiger partial charge is 0.460 e. The molecule has 0 radical (unpaired) electrons. The third-order valence-corrected chi connectivity index (χ3v) is 12.0. The van der Waals surface area contributed by atoms with Crippen LogP contribution in [0.2, 0.25) is 0 Å². The number of benzene rings is 2. The van der Waals surface area contributed by atoms with Crippen LogP contribution in [0, 0.1) is 23.7 Å². The third-order valence-electron chi connectivity index (χ3n) is 12.0. The summed E-state index contributed by atoms with van der Waals surface area (Å²) in [6, 6.07) is 13.7. The van der Waals surface area contributed by atoms with E-state index in [9.17, 15) is 43.5 Å². The molecule has 6 atom stereocenters. The van der Waals surface area contributed by atoms with Gasteiger partial charge in [-0.3, -0.25) is 33.6 Å². The fraction of sp³-hybridized carbons (Fsp3) is 0.643. The second-order valence-electron chi connectivity index (χ2n) is 21.6. The first kappa shape index (κ1) is 61.7. The molecule has 0 aliphatic rings. The van der Waals surface area contributed by atoms with E-state index in [2.05, 4.69) is 47.1 Å². The number of aliphatic hydroxyl groups excluding tert-OH is 1. The molecule has 0 spiro atoms. The van der Waals surface area contributed by atoms with Gasteiger partial charge in [0.1, 0.15) is 17.3 Å². The van der Waals surface area contributed by atoms with Crippen LogP contribution in [0.5, 0.6) is 0 Å². The highest BCUT2D eigenvalue weighted by atomic mass is 16.6. The second kappa shape index (κ2) is 30.4. The van der Waals surface area contributed by atoms with Gasteiger partial charge in [-0.15, -0.1) is 0 Å². The number of ketones is 3. The topological polar surface area (TPSA) is 237 Å². The molecule has 0 fully saturated rings. The first-order chi connectivity index (χ1) is 33.2. The number of nitrogens with one attached hydrogen (secondary N) is 3. The van der Waals surface area contributed by atoms with Crippen molar-refractivity contribution in [1.29, 1.82) is 0 Å². The predicted octanol–water partition coefficient (Wildman–Crippen LogP) is 8.92. The van der Waals surface area contributed by atoms with Crippen LogP contribution in [-0.2, 0) is 44.7 Å². The number of amides is 4. The number of aliphatic hydroxyl groups is 1. The van der Waals surface area contributed by atoms with E-state index < -0.39 is 82.5 Å². The average molecular weight is 991 g/mol. The van der Waals surface area contributed by atoms with Crippen LogP contribution in [0.3, 0.4) is 0 Å². The molecule has 71 heavy (non-hydrogen) atoms. The minimum atomic E-state index is -1.54. The lowest BCUT2D eigenvalue weighted by molar-refractivity contribution is -0.155. The Bertz CT molecular complexity index is 2040. The summed E-state index contributed by atoms with van der Waals surface area (Å²) in [6.07, 6.45) is 3.91. The first-order valence-electron chi connectivity index (χ1n) is 25.7. The minimum absolute atomic E-state index is 0.0100. The number of primary amides is 1. The van der Waals surface area contributed by atoms with Crippen LogP contribution in [0.1, 0.15) is 182 Å². The Kier molecular flexibility index (Phi) is 26.4. The Labute approximate surface area is 423 Å². The number of unbranched alkanes of at least 4 members (excludes halogenated alkanes) is 4. The van der Waals surface area contributed by atoms with E-state index in [0.717, 1.165) is 30.4 Å². The zero-order chi connectivity index (χ0) is 53.5. The maximum atomic E-state index is 14.4. The molecule has 0 aromatic heterocycles. The number of Topliss-reactive ketones (excluding diaryl/α,β-unsaturated/α-hetero) is 3. The van der Waals surface area contributed by atoms with Gasteiger partial charge in [-0.25, -0.2) is 4.79 Å². The van der Waals surface area contributed by atoms with Crippen molar-refractivity contribution < 1.29 is 52.9 Å². The first-order valence-corrected chi connectivity index (χ1v) is 25.7. The van der Waals surface area contributed by atoms with Crippen molar-refractivity contribution in [1.82, 2.24) is 16.0 Å². The quantitative estimate of drug-likeness (QED) is 0.0263. The van der Waals surface area contributed by atoms with Gasteiger partial charge in [0.15, 0.2) is 17.3 Å². The molecule has 0 saturated carbocycles. The Morgan fingerprint density at radius 3 is 1.77 bits per heavy atom. The number of aryl methyl sites for hydroxylation is 1. The Hall–Kier alpha value is -5.44. The van der Waals surface area contributed by atoms with Crippen molar-refractivity contribution >= 4 is 47.1 Å². The van der Waals surface area contributed by atoms with E-state index in [0.29, 0.717) is 44.1 Å². The van der Waals surface area contributed by atoms with Crippen molar-refractivity contribution in [3.8, 4) is 11.1 Å². The van der Waals surface area contributed by atoms with Crippen molar-refractivity contribution in [2.75, 3.05) is 6.54 Å². The average Bonchev–Trinajstić information content (AvgIpc) is 3.27. The van der Waals surface area contributed by atoms with E-state index in [-0.39, 0.29) is 62.7 Å². The van der Waals surface area contributed by atoms with Gasteiger partial charge in [-0.05, 0) is 121 Å². The molecule has 0 bridgehead atoms. The summed E-state index contributed by atoms with van der Waals surface area (Å²) in [5.41, 5.74) is 7.61. The zero-order valence-corrected chi connectivity index (χ0v) is 44.6. The number of carbonyl (C=O) groups is 8. The number of nitrogens with two attached hydrogens (primary N) is 1. The molecule has 0 aliphatic carbocycles. The molecule has 396 valence electrons. The fourth-order valence-corrected chi connectivity index (χ4v) is 8.02. The number of hydrogen-bond acceptors (Lipinski definition) is 11. The Balaban J connectivity index is 2.35. The number of alkyl carbamates (subject to hydrolysis) is 1. The lowest BCUT2D eigenvalue weighted by atomic mass is 9.90. The summed E-state index contributed by atoms with van der Waals surface area (Å²) < 4.78 is 10.8. The Morgan fingerprint density at radius 2 is 1.21 bits per heavy atom. The second-order valence-corrected chi connectivity index (χ2v) is 21.6. The molecule has 2 aromatic carbocycles. The monoisotopic (exact) mass is 991 g/mol. The normalized spacial score (nSPS) is 14.3. The molecule has 0 saturated heterocycles. The van der Waals surface area contributed by atoms with E-state index >= 15 is 0 Å². The van der Waals surface area contributed by atoms with Gasteiger partial charge in [0.2, 0.25) is 17.7 Å². The van der Waals surface area contributed by atoms with Crippen LogP contribution in [-0.4, -0.2) is 88.2 Å². The third kappa shape index (κ3) is 25.0. The van der Waals surface area contributed by atoms with Crippen LogP contribution in [0.15, 0.2) is 48.5 Å². The molecule has 15 nitrogen and oxygen atoms in total. The van der Waals surface area contributed by atoms with Crippen LogP contribution in [0.25, 0.3) is 11.1 Å². The van der Waals surface area contributed by atoms with Crippen LogP contribution < -0.4 is 21.7 Å². The summed E-state index contributed by atoms with van der Waals surface area (Å²) in [6.45, 7) is 19.9. The summed E-state index contributed by atoms with van der Waals surface area (Å²) in [4.78, 5) is 106. The highest BCUT2D eigenvalue weighted by molar-refractivity contribution is 6.00. The predicted molar refractivity (Wildman–Crippen MR) is 276 cm³/mol. The summed E-state index contributed by atoms with van der Waals surface area (Å²) in [5.74, 6) is -5.94. The lowest BCUT2D eigenvalue weighted by Gasteiger charge is -2.25. The molecule has 2 unspecified atom stereocenters. The summed E-state index contributed by atoms with van der Waals surface area (Å²) in [7, 11) is 0. The maximum Gasteiger partial charge on any atom is 0.407 e. The van der Waals surface area contributed by atoms with Gasteiger partial charge in [0, 0.05) is 49.6 Å². The van der Waals surface area contributed by atoms with E-state index in [1.165, 1.54) is 12.5 Å². The van der Waals surface area contributed by atoms with E-state index in [4.69, 9.17) is 15.2 Å². The van der Waals surface area contributed by atoms with Gasteiger partial charge in [-0.1, -0.05) is 102 Å². The minimum Gasteiger partial charge on any atom is -0.460 e.